The molecule has 0 bridgehead atoms. The molecule has 1 saturated carbocycles. The second-order valence-corrected chi connectivity index (χ2v) is 11.3. The molecule has 8 heteroatoms. The first-order valence-electron chi connectivity index (χ1n) is 14.4. The Kier molecular flexibility index (Phi) is 5.98. The predicted octanol–water partition coefficient (Wildman–Crippen LogP) is 6.29. The molecule has 1 aromatic heterocycles. The predicted molar refractivity (Wildman–Crippen MR) is 161 cm³/mol. The van der Waals surface area contributed by atoms with Crippen LogP contribution in [0.5, 0.6) is 5.75 Å². The lowest BCUT2D eigenvalue weighted by molar-refractivity contribution is 0.0553. The molecule has 2 aliphatic heterocycles. The molecule has 1 atom stereocenters. The highest BCUT2D eigenvalue weighted by molar-refractivity contribution is 5.96. The first kappa shape index (κ1) is 25.1. The van der Waals surface area contributed by atoms with Crippen molar-refractivity contribution in [2.45, 2.75) is 31.8 Å². The van der Waals surface area contributed by atoms with E-state index >= 15 is 0 Å². The summed E-state index contributed by atoms with van der Waals surface area (Å²) in [6.07, 6.45) is 4.15. The molecule has 8 nitrogen and oxygen atoms in total. The van der Waals surface area contributed by atoms with E-state index in [-0.39, 0.29) is 5.92 Å². The van der Waals surface area contributed by atoms with Gasteiger partial charge in [-0.3, -0.25) is 14.5 Å². The third-order valence-electron chi connectivity index (χ3n) is 8.56. The molecule has 210 valence electrons. The molecule has 8 rings (SSSR count). The van der Waals surface area contributed by atoms with Crippen LogP contribution in [0.4, 0.5) is 5.69 Å². The minimum Gasteiger partial charge on any atom is -0.456 e. The second kappa shape index (κ2) is 10.0. The summed E-state index contributed by atoms with van der Waals surface area (Å²) in [7, 11) is 1.74. The first-order valence-corrected chi connectivity index (χ1v) is 14.4. The molecule has 0 saturated heterocycles. The first-order chi connectivity index (χ1) is 20.7. The molecule has 4 aromatic carbocycles. The van der Waals surface area contributed by atoms with E-state index in [0.29, 0.717) is 30.8 Å². The van der Waals surface area contributed by atoms with E-state index in [2.05, 4.69) is 86.9 Å². The van der Waals surface area contributed by atoms with Crippen molar-refractivity contribution in [1.29, 1.82) is 0 Å². The van der Waals surface area contributed by atoms with Gasteiger partial charge in [0.25, 0.3) is 0 Å². The Bertz CT molecular complexity index is 1900. The lowest BCUT2D eigenvalue weighted by atomic mass is 9.83. The van der Waals surface area contributed by atoms with Crippen LogP contribution in [0.3, 0.4) is 0 Å². The van der Waals surface area contributed by atoms with Gasteiger partial charge < -0.3 is 9.47 Å². The van der Waals surface area contributed by atoms with Crippen molar-refractivity contribution in [3.63, 3.8) is 0 Å². The van der Waals surface area contributed by atoms with Crippen molar-refractivity contribution in [3.8, 4) is 5.75 Å². The van der Waals surface area contributed by atoms with Crippen LogP contribution >= 0.6 is 0 Å². The second-order valence-electron chi connectivity index (χ2n) is 11.3. The summed E-state index contributed by atoms with van der Waals surface area (Å²) < 4.78 is 17.0. The third-order valence-corrected chi connectivity index (χ3v) is 8.56. The summed E-state index contributed by atoms with van der Waals surface area (Å²) in [5.74, 6) is 1.98. The zero-order valence-corrected chi connectivity index (χ0v) is 23.2. The van der Waals surface area contributed by atoms with Gasteiger partial charge in [0.2, 0.25) is 0 Å². The number of rotatable bonds is 6. The van der Waals surface area contributed by atoms with Crippen molar-refractivity contribution in [3.05, 3.63) is 123 Å². The molecule has 1 fully saturated rings. The fourth-order valence-corrected chi connectivity index (χ4v) is 6.60. The number of hydrogen-bond acceptors (Lipinski definition) is 7. The molecule has 0 amide bonds. The number of methoxy groups -OCH3 is 1. The van der Waals surface area contributed by atoms with Gasteiger partial charge in [-0.2, -0.15) is 5.01 Å². The Hall–Kier alpha value is -4.66. The fraction of sp³-hybridized carbons (Fsp3) is 0.235. The van der Waals surface area contributed by atoms with Crippen molar-refractivity contribution < 1.29 is 14.0 Å². The molecule has 1 aliphatic carbocycles. The van der Waals surface area contributed by atoms with E-state index < -0.39 is 5.76 Å². The number of nitrogens with one attached hydrogen (secondary N) is 1. The SMILES string of the molecule is COCN1Cc2ccc3ccccc3c2N1Cc1ccc2c(c1)C(=Cc1noc(=O)[nH]1)Oc1ccccc1C2C1CC1. The summed E-state index contributed by atoms with van der Waals surface area (Å²) in [4.78, 5) is 14.4. The van der Waals surface area contributed by atoms with Crippen LogP contribution in [0, 0.1) is 5.92 Å². The number of nitrogens with zero attached hydrogens (tertiary/aromatic N) is 3. The standard InChI is InChI=1S/C34H30N4O4/c1-40-20-37-19-24-14-11-22-6-2-3-7-25(22)33(24)38(37)18-21-10-15-26-28(16-21)30(17-31-35-34(39)42-36-31)41-29-9-5-4-8-27(29)32(26)23-12-13-23/h2-11,14-17,23,32H,12-13,18-20H2,1H3,(H,35,36,39). The molecular formula is C34H30N4O4. The summed E-state index contributed by atoms with van der Waals surface area (Å²) in [6, 6.07) is 28.0. The smallest absolute Gasteiger partial charge is 0.439 e. The van der Waals surface area contributed by atoms with Gasteiger partial charge in [0.1, 0.15) is 18.2 Å². The number of aromatic nitrogens is 2. The Morgan fingerprint density at radius 1 is 1.02 bits per heavy atom. The number of ether oxygens (including phenoxy) is 2. The summed E-state index contributed by atoms with van der Waals surface area (Å²) in [5, 5.41) is 10.9. The van der Waals surface area contributed by atoms with Gasteiger partial charge >= 0.3 is 5.76 Å². The molecule has 0 radical (unpaired) electrons. The highest BCUT2D eigenvalue weighted by Crippen LogP contribution is 2.52. The topological polar surface area (TPSA) is 83.8 Å². The van der Waals surface area contributed by atoms with Crippen LogP contribution in [0.1, 0.15) is 52.4 Å². The van der Waals surface area contributed by atoms with Crippen LogP contribution in [-0.2, 0) is 17.8 Å². The maximum atomic E-state index is 11.7. The van der Waals surface area contributed by atoms with Crippen LogP contribution in [0.2, 0.25) is 0 Å². The molecule has 1 unspecified atom stereocenters. The molecule has 1 N–H and O–H groups in total. The summed E-state index contributed by atoms with van der Waals surface area (Å²) in [6.45, 7) is 1.93. The Morgan fingerprint density at radius 3 is 2.71 bits per heavy atom. The number of benzene rings is 4. The average Bonchev–Trinajstić information content (AvgIpc) is 3.69. The molecule has 3 aliphatic rings. The van der Waals surface area contributed by atoms with E-state index in [9.17, 15) is 4.79 Å². The average molecular weight is 559 g/mol. The largest absolute Gasteiger partial charge is 0.456 e. The molecular weight excluding hydrogens is 528 g/mol. The Morgan fingerprint density at radius 2 is 1.88 bits per heavy atom. The zero-order chi connectivity index (χ0) is 28.2. The minimum absolute atomic E-state index is 0.231. The van der Waals surface area contributed by atoms with E-state index in [1.54, 1.807) is 13.2 Å². The van der Waals surface area contributed by atoms with E-state index in [1.165, 1.54) is 46.0 Å². The molecule has 42 heavy (non-hydrogen) atoms. The zero-order valence-electron chi connectivity index (χ0n) is 23.2. The Balaban J connectivity index is 1.26. The van der Waals surface area contributed by atoms with Gasteiger partial charge in [0, 0.05) is 42.2 Å². The highest BCUT2D eigenvalue weighted by atomic mass is 16.5. The monoisotopic (exact) mass is 558 g/mol. The number of para-hydroxylation sites is 1. The molecule has 3 heterocycles. The Labute approximate surface area is 242 Å². The van der Waals surface area contributed by atoms with Crippen LogP contribution in [0.15, 0.2) is 88.2 Å². The van der Waals surface area contributed by atoms with Gasteiger partial charge in [-0.05, 0) is 53.0 Å². The van der Waals surface area contributed by atoms with E-state index in [1.807, 2.05) is 12.1 Å². The number of hydrogen-bond donors (Lipinski definition) is 1. The maximum Gasteiger partial charge on any atom is 0.439 e. The van der Waals surface area contributed by atoms with Crippen LogP contribution in [-0.4, -0.2) is 29.0 Å². The van der Waals surface area contributed by atoms with Crippen molar-refractivity contribution in [1.82, 2.24) is 15.1 Å². The van der Waals surface area contributed by atoms with Gasteiger partial charge in [0.15, 0.2) is 5.82 Å². The van der Waals surface area contributed by atoms with E-state index in [0.717, 1.165) is 23.4 Å². The quantitative estimate of drug-likeness (QED) is 0.262. The van der Waals surface area contributed by atoms with Crippen molar-refractivity contribution >= 4 is 28.3 Å². The number of fused-ring (bicyclic) bond motifs is 5. The summed E-state index contributed by atoms with van der Waals surface area (Å²) >= 11 is 0. The number of anilines is 1. The summed E-state index contributed by atoms with van der Waals surface area (Å²) in [5.41, 5.74) is 7.06. The molecule has 0 spiro atoms. The van der Waals surface area contributed by atoms with Crippen LogP contribution < -0.4 is 15.5 Å². The number of aromatic amines is 1. The van der Waals surface area contributed by atoms with Gasteiger partial charge in [-0.25, -0.2) is 4.79 Å². The fourth-order valence-electron chi connectivity index (χ4n) is 6.60. The van der Waals surface area contributed by atoms with Gasteiger partial charge in [0.05, 0.1) is 12.2 Å². The minimum atomic E-state index is -0.598. The van der Waals surface area contributed by atoms with Crippen molar-refractivity contribution in [2.75, 3.05) is 18.8 Å². The van der Waals surface area contributed by atoms with E-state index in [4.69, 9.17) is 14.0 Å². The maximum absolute atomic E-state index is 11.7. The highest BCUT2D eigenvalue weighted by Gasteiger charge is 2.39. The lowest BCUT2D eigenvalue weighted by Gasteiger charge is -2.31. The van der Waals surface area contributed by atoms with Gasteiger partial charge in [-0.15, -0.1) is 0 Å². The number of H-pyrrole nitrogens is 1. The van der Waals surface area contributed by atoms with Crippen LogP contribution in [0.25, 0.3) is 22.6 Å². The molecule has 5 aromatic rings. The van der Waals surface area contributed by atoms with Crippen molar-refractivity contribution in [2.24, 2.45) is 5.92 Å². The third kappa shape index (κ3) is 4.31. The number of hydrazine groups is 1. The van der Waals surface area contributed by atoms with Gasteiger partial charge in [-0.1, -0.05) is 71.9 Å². The normalized spacial score (nSPS) is 18.9. The lowest BCUT2D eigenvalue weighted by Crippen LogP contribution is -2.38.